The number of aliphatic hydroxyl groups excluding tert-OH is 1. The molecule has 2 atom stereocenters. The van der Waals surface area contributed by atoms with Gasteiger partial charge in [0.15, 0.2) is 0 Å². The fraction of sp³-hybridized carbons (Fsp3) is 0.471. The van der Waals surface area contributed by atoms with Crippen LogP contribution >= 0.6 is 12.4 Å². The lowest BCUT2D eigenvalue weighted by Crippen LogP contribution is -2.42. The molecule has 0 aliphatic heterocycles. The Morgan fingerprint density at radius 2 is 1.96 bits per heavy atom. The van der Waals surface area contributed by atoms with Crippen LogP contribution in [0.5, 0.6) is 5.75 Å². The van der Waals surface area contributed by atoms with Crippen LogP contribution in [-0.4, -0.2) is 33.9 Å². The number of halogens is 1. The molecular weight excluding hydrogens is 316 g/mol. The topological polar surface area (TPSA) is 85.3 Å². The second kappa shape index (κ2) is 7.81. The van der Waals surface area contributed by atoms with E-state index >= 15 is 0 Å². The molecule has 0 saturated heterocycles. The molecule has 0 spiro atoms. The Hall–Kier alpha value is -1.56. The maximum absolute atomic E-state index is 11.4. The number of pyridine rings is 1. The molecule has 1 heterocycles. The summed E-state index contributed by atoms with van der Waals surface area (Å²) in [5.41, 5.74) is 1.34. The van der Waals surface area contributed by atoms with E-state index in [-0.39, 0.29) is 35.9 Å². The minimum absolute atomic E-state index is 0. The van der Waals surface area contributed by atoms with Crippen molar-refractivity contribution in [3.8, 4) is 5.75 Å². The summed E-state index contributed by atoms with van der Waals surface area (Å²) < 4.78 is 0. The lowest BCUT2D eigenvalue weighted by molar-refractivity contribution is 0.0914. The highest BCUT2D eigenvalue weighted by molar-refractivity contribution is 5.87. The number of aromatic nitrogens is 1. The Kier molecular flexibility index (Phi) is 6.04. The molecule has 1 fully saturated rings. The SMILES string of the molecule is Cl.O=c1ccc2c(CCNC3CCCCC3O)ccc(O)c2[nH]1. The maximum atomic E-state index is 11.4. The maximum Gasteiger partial charge on any atom is 0.248 e. The van der Waals surface area contributed by atoms with Crippen LogP contribution in [0.1, 0.15) is 31.2 Å². The first-order valence-corrected chi connectivity index (χ1v) is 7.90. The lowest BCUT2D eigenvalue weighted by Gasteiger charge is -2.28. The molecule has 6 heteroatoms. The van der Waals surface area contributed by atoms with E-state index in [2.05, 4.69) is 10.3 Å². The van der Waals surface area contributed by atoms with Gasteiger partial charge in [-0.3, -0.25) is 4.79 Å². The van der Waals surface area contributed by atoms with Crippen molar-refractivity contribution >= 4 is 23.3 Å². The zero-order chi connectivity index (χ0) is 15.5. The zero-order valence-corrected chi connectivity index (χ0v) is 13.7. The zero-order valence-electron chi connectivity index (χ0n) is 12.9. The summed E-state index contributed by atoms with van der Waals surface area (Å²) in [5, 5.41) is 24.1. The Morgan fingerprint density at radius 1 is 1.17 bits per heavy atom. The van der Waals surface area contributed by atoms with Crippen molar-refractivity contribution in [2.24, 2.45) is 0 Å². The van der Waals surface area contributed by atoms with E-state index < -0.39 is 0 Å². The van der Waals surface area contributed by atoms with Crippen molar-refractivity contribution in [1.29, 1.82) is 0 Å². The number of hydrogen-bond donors (Lipinski definition) is 4. The summed E-state index contributed by atoms with van der Waals surface area (Å²) in [7, 11) is 0. The van der Waals surface area contributed by atoms with E-state index in [1.807, 2.05) is 6.07 Å². The molecule has 3 rings (SSSR count). The van der Waals surface area contributed by atoms with E-state index in [1.165, 1.54) is 6.07 Å². The Morgan fingerprint density at radius 3 is 2.74 bits per heavy atom. The fourth-order valence-corrected chi connectivity index (χ4v) is 3.26. The molecule has 1 saturated carbocycles. The average molecular weight is 339 g/mol. The highest BCUT2D eigenvalue weighted by atomic mass is 35.5. The molecule has 126 valence electrons. The first-order valence-electron chi connectivity index (χ1n) is 7.90. The molecule has 2 unspecified atom stereocenters. The third-order valence-electron chi connectivity index (χ3n) is 4.49. The smallest absolute Gasteiger partial charge is 0.248 e. The highest BCUT2D eigenvalue weighted by Crippen LogP contribution is 2.25. The van der Waals surface area contributed by atoms with Crippen molar-refractivity contribution in [3.05, 3.63) is 40.2 Å². The van der Waals surface area contributed by atoms with Crippen molar-refractivity contribution in [3.63, 3.8) is 0 Å². The molecule has 1 aromatic carbocycles. The van der Waals surface area contributed by atoms with E-state index in [9.17, 15) is 15.0 Å². The van der Waals surface area contributed by atoms with Crippen LogP contribution < -0.4 is 10.9 Å². The van der Waals surface area contributed by atoms with Gasteiger partial charge in [-0.1, -0.05) is 18.9 Å². The molecule has 1 aliphatic rings. The van der Waals surface area contributed by atoms with Crippen LogP contribution in [0.2, 0.25) is 0 Å². The van der Waals surface area contributed by atoms with Gasteiger partial charge >= 0.3 is 0 Å². The van der Waals surface area contributed by atoms with Crippen LogP contribution in [-0.2, 0) is 6.42 Å². The second-order valence-corrected chi connectivity index (χ2v) is 6.02. The molecule has 0 amide bonds. The van der Waals surface area contributed by atoms with Gasteiger partial charge in [-0.25, -0.2) is 0 Å². The summed E-state index contributed by atoms with van der Waals surface area (Å²) in [6.07, 6.45) is 4.70. The van der Waals surface area contributed by atoms with Crippen LogP contribution in [0.15, 0.2) is 29.1 Å². The van der Waals surface area contributed by atoms with Crippen LogP contribution in [0.4, 0.5) is 0 Å². The first-order chi connectivity index (χ1) is 10.6. The summed E-state index contributed by atoms with van der Waals surface area (Å²) >= 11 is 0. The number of benzene rings is 1. The van der Waals surface area contributed by atoms with Crippen molar-refractivity contribution in [1.82, 2.24) is 10.3 Å². The lowest BCUT2D eigenvalue weighted by atomic mass is 9.92. The molecule has 0 radical (unpaired) electrons. The van der Waals surface area contributed by atoms with Crippen LogP contribution in [0.3, 0.4) is 0 Å². The molecule has 0 bridgehead atoms. The van der Waals surface area contributed by atoms with Gasteiger partial charge in [0.25, 0.3) is 0 Å². The van der Waals surface area contributed by atoms with Crippen molar-refractivity contribution in [2.75, 3.05) is 6.54 Å². The Labute approximate surface area is 141 Å². The van der Waals surface area contributed by atoms with Gasteiger partial charge in [-0.05, 0) is 43.5 Å². The standard InChI is InChI=1S/C17H22N2O3.ClH/c20-14-4-2-1-3-13(14)18-10-9-11-5-7-15(21)17-12(11)6-8-16(22)19-17;/h5-8,13-14,18,20-21H,1-4,9-10H2,(H,19,22);1H. The Bertz CT molecular complexity index is 717. The molecule has 5 nitrogen and oxygen atoms in total. The molecular formula is C17H23ClN2O3. The quantitative estimate of drug-likeness (QED) is 0.687. The minimum atomic E-state index is -0.248. The number of nitrogens with one attached hydrogen (secondary N) is 2. The monoisotopic (exact) mass is 338 g/mol. The minimum Gasteiger partial charge on any atom is -0.506 e. The normalized spacial score (nSPS) is 21.1. The number of rotatable bonds is 4. The van der Waals surface area contributed by atoms with Gasteiger partial charge < -0.3 is 20.5 Å². The van der Waals surface area contributed by atoms with Crippen molar-refractivity contribution in [2.45, 2.75) is 44.2 Å². The molecule has 23 heavy (non-hydrogen) atoms. The number of aliphatic hydroxyl groups is 1. The van der Waals surface area contributed by atoms with E-state index in [1.54, 1.807) is 12.1 Å². The van der Waals surface area contributed by atoms with E-state index in [4.69, 9.17) is 0 Å². The Balaban J connectivity index is 0.00000192. The number of aromatic hydroxyl groups is 1. The number of aromatic amines is 1. The molecule has 2 aromatic rings. The van der Waals surface area contributed by atoms with E-state index in [0.29, 0.717) is 5.52 Å². The van der Waals surface area contributed by atoms with Gasteiger partial charge in [-0.15, -0.1) is 12.4 Å². The second-order valence-electron chi connectivity index (χ2n) is 6.02. The number of hydrogen-bond acceptors (Lipinski definition) is 4. The van der Waals surface area contributed by atoms with Crippen LogP contribution in [0.25, 0.3) is 10.9 Å². The average Bonchev–Trinajstić information content (AvgIpc) is 2.52. The number of fused-ring (bicyclic) bond motifs is 1. The van der Waals surface area contributed by atoms with E-state index in [0.717, 1.165) is 49.6 Å². The third kappa shape index (κ3) is 4.05. The summed E-state index contributed by atoms with van der Waals surface area (Å²) in [5.74, 6) is 0.0899. The van der Waals surface area contributed by atoms with Gasteiger partial charge in [0, 0.05) is 17.5 Å². The van der Waals surface area contributed by atoms with Gasteiger partial charge in [0.05, 0.1) is 11.6 Å². The number of phenolic OH excluding ortho intramolecular Hbond substituents is 1. The molecule has 4 N–H and O–H groups in total. The predicted molar refractivity (Wildman–Crippen MR) is 93.5 cm³/mol. The first kappa shape index (κ1) is 17.8. The summed E-state index contributed by atoms with van der Waals surface area (Å²) in [6, 6.07) is 6.90. The van der Waals surface area contributed by atoms with Gasteiger partial charge in [0.1, 0.15) is 5.75 Å². The largest absolute Gasteiger partial charge is 0.506 e. The third-order valence-corrected chi connectivity index (χ3v) is 4.49. The van der Waals surface area contributed by atoms with Gasteiger partial charge in [0.2, 0.25) is 5.56 Å². The highest BCUT2D eigenvalue weighted by Gasteiger charge is 2.22. The van der Waals surface area contributed by atoms with Gasteiger partial charge in [-0.2, -0.15) is 0 Å². The summed E-state index contributed by atoms with van der Waals surface area (Å²) in [4.78, 5) is 14.1. The van der Waals surface area contributed by atoms with Crippen LogP contribution in [0, 0.1) is 0 Å². The van der Waals surface area contributed by atoms with Crippen molar-refractivity contribution < 1.29 is 10.2 Å². The number of H-pyrrole nitrogens is 1. The molecule has 1 aromatic heterocycles. The number of phenols is 1. The predicted octanol–water partition coefficient (Wildman–Crippen LogP) is 2.09. The summed E-state index contributed by atoms with van der Waals surface area (Å²) in [6.45, 7) is 0.765. The molecule has 1 aliphatic carbocycles. The fourth-order valence-electron chi connectivity index (χ4n) is 3.26.